The van der Waals surface area contributed by atoms with Gasteiger partial charge in [-0.15, -0.1) is 0 Å². The van der Waals surface area contributed by atoms with Gasteiger partial charge < -0.3 is 16.4 Å². The molecule has 0 bridgehead atoms. The van der Waals surface area contributed by atoms with E-state index in [1.807, 2.05) is 0 Å². The molecule has 2 rings (SSSR count). The maximum Gasteiger partial charge on any atom is 0.274 e. The van der Waals surface area contributed by atoms with Crippen molar-refractivity contribution in [2.45, 2.75) is 19.4 Å². The number of H-pyrrole nitrogens is 1. The molecule has 0 saturated carbocycles. The normalized spacial score (nSPS) is 19.6. The largest absolute Gasteiger partial charge is 0.395 e. The second-order valence-electron chi connectivity index (χ2n) is 3.79. The van der Waals surface area contributed by atoms with Gasteiger partial charge in [-0.25, -0.2) is 0 Å². The van der Waals surface area contributed by atoms with Crippen molar-refractivity contribution in [3.05, 3.63) is 11.4 Å². The molecule has 1 aliphatic heterocycles. The minimum absolute atomic E-state index is 0.0588. The first-order chi connectivity index (χ1) is 7.58. The molecule has 1 saturated heterocycles. The lowest BCUT2D eigenvalue weighted by Gasteiger charge is -2.08. The number of anilines is 1. The Labute approximate surface area is 91.8 Å². The summed E-state index contributed by atoms with van der Waals surface area (Å²) in [4.78, 5) is 22.7. The minimum Gasteiger partial charge on any atom is -0.395 e. The average Bonchev–Trinajstić information content (AvgIpc) is 2.76. The monoisotopic (exact) mass is 223 g/mol. The molecule has 1 atom stereocenters. The smallest absolute Gasteiger partial charge is 0.274 e. The number of hydrogen-bond acceptors (Lipinski definition) is 4. The molecule has 7 heteroatoms. The fourth-order valence-corrected chi connectivity index (χ4v) is 1.57. The molecule has 2 heterocycles. The highest BCUT2D eigenvalue weighted by atomic mass is 16.2. The summed E-state index contributed by atoms with van der Waals surface area (Å²) in [6, 6.07) is -0.184. The van der Waals surface area contributed by atoms with Crippen LogP contribution in [0, 0.1) is 6.92 Å². The number of rotatable bonds is 2. The van der Waals surface area contributed by atoms with E-state index in [1.54, 1.807) is 6.92 Å². The van der Waals surface area contributed by atoms with Gasteiger partial charge in [-0.3, -0.25) is 14.7 Å². The third-order valence-electron chi connectivity index (χ3n) is 2.52. The molecule has 0 aliphatic carbocycles. The van der Waals surface area contributed by atoms with Crippen molar-refractivity contribution < 1.29 is 9.59 Å². The first-order valence-corrected chi connectivity index (χ1v) is 4.96. The molecular formula is C9H13N5O2. The van der Waals surface area contributed by atoms with Crippen LogP contribution in [0.3, 0.4) is 0 Å². The van der Waals surface area contributed by atoms with Crippen LogP contribution in [-0.2, 0) is 4.79 Å². The first-order valence-electron chi connectivity index (χ1n) is 4.96. The van der Waals surface area contributed by atoms with Gasteiger partial charge >= 0.3 is 0 Å². The summed E-state index contributed by atoms with van der Waals surface area (Å²) < 4.78 is 0. The third-order valence-corrected chi connectivity index (χ3v) is 2.52. The van der Waals surface area contributed by atoms with Crippen molar-refractivity contribution in [2.24, 2.45) is 0 Å². The van der Waals surface area contributed by atoms with E-state index in [4.69, 9.17) is 5.73 Å². The van der Waals surface area contributed by atoms with E-state index in [2.05, 4.69) is 20.8 Å². The highest BCUT2D eigenvalue weighted by Crippen LogP contribution is 2.12. The van der Waals surface area contributed by atoms with Crippen molar-refractivity contribution in [1.29, 1.82) is 0 Å². The zero-order valence-electron chi connectivity index (χ0n) is 8.83. The molecule has 7 nitrogen and oxygen atoms in total. The van der Waals surface area contributed by atoms with E-state index in [1.165, 1.54) is 0 Å². The van der Waals surface area contributed by atoms with Crippen LogP contribution in [-0.4, -0.2) is 34.6 Å². The van der Waals surface area contributed by atoms with E-state index in [9.17, 15) is 9.59 Å². The average molecular weight is 223 g/mol. The molecule has 1 aliphatic rings. The van der Waals surface area contributed by atoms with Crippen molar-refractivity contribution in [2.75, 3.05) is 12.3 Å². The van der Waals surface area contributed by atoms with Crippen LogP contribution in [0.5, 0.6) is 0 Å². The number of carbonyl (C=O) groups excluding carboxylic acids is 2. The van der Waals surface area contributed by atoms with Gasteiger partial charge in [0.1, 0.15) is 0 Å². The Morgan fingerprint density at radius 3 is 2.88 bits per heavy atom. The van der Waals surface area contributed by atoms with Crippen LogP contribution in [0.15, 0.2) is 0 Å². The maximum absolute atomic E-state index is 11.7. The van der Waals surface area contributed by atoms with Gasteiger partial charge in [0.2, 0.25) is 5.91 Å². The Balaban J connectivity index is 2.03. The van der Waals surface area contributed by atoms with Crippen LogP contribution >= 0.6 is 0 Å². The Morgan fingerprint density at radius 1 is 1.62 bits per heavy atom. The van der Waals surface area contributed by atoms with Crippen molar-refractivity contribution in [3.8, 4) is 0 Å². The molecule has 1 aromatic heterocycles. The molecule has 0 spiro atoms. The van der Waals surface area contributed by atoms with Gasteiger partial charge in [0.15, 0.2) is 5.69 Å². The predicted octanol–water partition coefficient (Wildman–Crippen LogP) is -1.08. The van der Waals surface area contributed by atoms with E-state index in [0.29, 0.717) is 24.3 Å². The summed E-state index contributed by atoms with van der Waals surface area (Å²) in [5.41, 5.74) is 6.85. The number of aromatic amines is 1. The number of aromatic nitrogens is 2. The molecule has 5 N–H and O–H groups in total. The fourth-order valence-electron chi connectivity index (χ4n) is 1.57. The van der Waals surface area contributed by atoms with Crippen molar-refractivity contribution >= 4 is 17.5 Å². The molecule has 86 valence electrons. The molecule has 16 heavy (non-hydrogen) atoms. The van der Waals surface area contributed by atoms with E-state index >= 15 is 0 Å². The molecule has 0 aromatic carbocycles. The van der Waals surface area contributed by atoms with Crippen LogP contribution in [0.4, 0.5) is 5.69 Å². The van der Waals surface area contributed by atoms with Crippen LogP contribution in [0.1, 0.15) is 22.6 Å². The fraction of sp³-hybridized carbons (Fsp3) is 0.444. The number of nitrogen functional groups attached to an aromatic ring is 1. The summed E-state index contributed by atoms with van der Waals surface area (Å²) in [5, 5.41) is 11.8. The van der Waals surface area contributed by atoms with Gasteiger partial charge in [0.05, 0.1) is 17.4 Å². The zero-order valence-corrected chi connectivity index (χ0v) is 8.83. The van der Waals surface area contributed by atoms with Gasteiger partial charge in [-0.1, -0.05) is 0 Å². The molecule has 1 aromatic rings. The highest BCUT2D eigenvalue weighted by Gasteiger charge is 2.25. The summed E-state index contributed by atoms with van der Waals surface area (Å²) in [5.74, 6) is -0.417. The number of aryl methyl sites for hydroxylation is 1. The van der Waals surface area contributed by atoms with Gasteiger partial charge in [0, 0.05) is 13.0 Å². The van der Waals surface area contributed by atoms with E-state index < -0.39 is 0 Å². The van der Waals surface area contributed by atoms with Gasteiger partial charge in [0.25, 0.3) is 5.91 Å². The quantitative estimate of drug-likeness (QED) is 0.510. The minimum atomic E-state index is -0.358. The Kier molecular flexibility index (Phi) is 2.51. The summed E-state index contributed by atoms with van der Waals surface area (Å²) in [6.07, 6.45) is 0.301. The van der Waals surface area contributed by atoms with E-state index in [-0.39, 0.29) is 23.6 Å². The van der Waals surface area contributed by atoms with E-state index in [0.717, 1.165) is 0 Å². The SMILES string of the molecule is Cc1[nH]nc(C(=O)NC2CNC(=O)C2)c1N. The predicted molar refractivity (Wildman–Crippen MR) is 56.6 cm³/mol. The molecule has 1 fully saturated rings. The maximum atomic E-state index is 11.7. The Morgan fingerprint density at radius 2 is 2.38 bits per heavy atom. The molecular weight excluding hydrogens is 210 g/mol. The summed E-state index contributed by atoms with van der Waals surface area (Å²) >= 11 is 0. The number of nitrogens with zero attached hydrogens (tertiary/aromatic N) is 1. The second kappa shape index (κ2) is 3.84. The zero-order chi connectivity index (χ0) is 11.7. The van der Waals surface area contributed by atoms with Crippen LogP contribution in [0.25, 0.3) is 0 Å². The topological polar surface area (TPSA) is 113 Å². The summed E-state index contributed by atoms with van der Waals surface area (Å²) in [7, 11) is 0. The Hall–Kier alpha value is -2.05. The lowest BCUT2D eigenvalue weighted by atomic mass is 10.2. The van der Waals surface area contributed by atoms with Gasteiger partial charge in [-0.2, -0.15) is 5.10 Å². The number of carbonyl (C=O) groups is 2. The number of nitrogens with two attached hydrogens (primary N) is 1. The first kappa shape index (κ1) is 10.5. The third kappa shape index (κ3) is 1.83. The lowest BCUT2D eigenvalue weighted by Crippen LogP contribution is -2.36. The highest BCUT2D eigenvalue weighted by molar-refractivity contribution is 5.98. The van der Waals surface area contributed by atoms with Crippen LogP contribution in [0.2, 0.25) is 0 Å². The molecule has 0 radical (unpaired) electrons. The number of hydrogen-bond donors (Lipinski definition) is 4. The molecule has 1 unspecified atom stereocenters. The van der Waals surface area contributed by atoms with Crippen molar-refractivity contribution in [3.63, 3.8) is 0 Å². The second-order valence-corrected chi connectivity index (χ2v) is 3.79. The Bertz CT molecular complexity index is 439. The lowest BCUT2D eigenvalue weighted by molar-refractivity contribution is -0.119. The standard InChI is InChI=1S/C9H13N5O2/c1-4-7(10)8(14-13-4)9(16)12-5-2-6(15)11-3-5/h5H,2-3,10H2,1H3,(H,11,15)(H,12,16)(H,13,14). The van der Waals surface area contributed by atoms with Gasteiger partial charge in [-0.05, 0) is 6.92 Å². The number of nitrogens with one attached hydrogen (secondary N) is 3. The summed E-state index contributed by atoms with van der Waals surface area (Å²) in [6.45, 7) is 2.19. The number of amides is 2. The molecule has 2 amide bonds. The van der Waals surface area contributed by atoms with Crippen molar-refractivity contribution in [1.82, 2.24) is 20.8 Å². The van der Waals surface area contributed by atoms with Crippen LogP contribution < -0.4 is 16.4 Å².